The first-order valence-corrected chi connectivity index (χ1v) is 4.13. The van der Waals surface area contributed by atoms with Crippen LogP contribution in [0.15, 0.2) is 30.3 Å². The number of carboxylic acids is 1. The van der Waals surface area contributed by atoms with Gasteiger partial charge in [0.2, 0.25) is 6.04 Å². The summed E-state index contributed by atoms with van der Waals surface area (Å²) >= 11 is 0. The second-order valence-corrected chi connectivity index (χ2v) is 2.74. The lowest BCUT2D eigenvalue weighted by Gasteiger charge is -2.06. The Morgan fingerprint density at radius 1 is 1.33 bits per heavy atom. The molecule has 0 aromatic heterocycles. The summed E-state index contributed by atoms with van der Waals surface area (Å²) in [5.41, 5.74) is 0.319. The summed E-state index contributed by atoms with van der Waals surface area (Å²) in [6.45, 7) is 0. The third-order valence-electron chi connectivity index (χ3n) is 1.69. The molecule has 0 aliphatic carbocycles. The molecule has 15 heavy (non-hydrogen) atoms. The third kappa shape index (κ3) is 2.81. The molecule has 1 unspecified atom stereocenters. The molecular weight excluding hydrogens is 196 g/mol. The molecule has 0 radical (unpaired) electrons. The van der Waals surface area contributed by atoms with Crippen LogP contribution in [0, 0.1) is 11.3 Å². The molecule has 0 fully saturated rings. The van der Waals surface area contributed by atoms with Gasteiger partial charge in [0.25, 0.3) is 5.91 Å². The molecule has 5 nitrogen and oxygen atoms in total. The second-order valence-electron chi connectivity index (χ2n) is 2.74. The Kier molecular flexibility index (Phi) is 3.41. The SMILES string of the molecule is N#CC(NC(=O)c1ccccc1)C(=O)O. The molecule has 0 bridgehead atoms. The van der Waals surface area contributed by atoms with Gasteiger partial charge < -0.3 is 10.4 Å². The number of nitrogens with zero attached hydrogens (tertiary/aromatic N) is 1. The Balaban J connectivity index is 2.73. The van der Waals surface area contributed by atoms with Gasteiger partial charge in [0, 0.05) is 5.56 Å². The molecule has 2 N–H and O–H groups in total. The van der Waals surface area contributed by atoms with Crippen LogP contribution in [0.4, 0.5) is 0 Å². The summed E-state index contributed by atoms with van der Waals surface area (Å²) in [5.74, 6) is -1.95. The Hall–Kier alpha value is -2.35. The number of hydrogen-bond acceptors (Lipinski definition) is 3. The predicted octanol–water partition coefficient (Wildman–Crippen LogP) is 0.393. The highest BCUT2D eigenvalue weighted by molar-refractivity contribution is 5.97. The highest BCUT2D eigenvalue weighted by Gasteiger charge is 2.19. The van der Waals surface area contributed by atoms with Gasteiger partial charge in [0.1, 0.15) is 0 Å². The zero-order chi connectivity index (χ0) is 11.3. The first-order valence-electron chi connectivity index (χ1n) is 4.13. The molecule has 0 spiro atoms. The maximum absolute atomic E-state index is 11.4. The van der Waals surface area contributed by atoms with Gasteiger partial charge in [-0.05, 0) is 12.1 Å². The highest BCUT2D eigenvalue weighted by atomic mass is 16.4. The van der Waals surface area contributed by atoms with Crippen LogP contribution in [0.1, 0.15) is 10.4 Å². The number of aliphatic carboxylic acids is 1. The fraction of sp³-hybridized carbons (Fsp3) is 0.100. The van der Waals surface area contributed by atoms with E-state index < -0.39 is 17.9 Å². The maximum atomic E-state index is 11.4. The molecule has 1 atom stereocenters. The van der Waals surface area contributed by atoms with Crippen LogP contribution in [0.2, 0.25) is 0 Å². The number of carbonyl (C=O) groups excluding carboxylic acids is 1. The minimum atomic E-state index is -1.52. The normalized spacial score (nSPS) is 11.1. The number of nitriles is 1. The largest absolute Gasteiger partial charge is 0.479 e. The fourth-order valence-corrected chi connectivity index (χ4v) is 0.953. The molecule has 0 aliphatic rings. The van der Waals surface area contributed by atoms with Crippen LogP contribution in [0.3, 0.4) is 0 Å². The van der Waals surface area contributed by atoms with Gasteiger partial charge in [-0.2, -0.15) is 5.26 Å². The fourth-order valence-electron chi connectivity index (χ4n) is 0.953. The van der Waals surface area contributed by atoms with Crippen LogP contribution in [-0.2, 0) is 4.79 Å². The minimum Gasteiger partial charge on any atom is -0.479 e. The Morgan fingerprint density at radius 3 is 2.40 bits per heavy atom. The molecule has 1 aromatic carbocycles. The molecule has 5 heteroatoms. The molecule has 0 saturated carbocycles. The average Bonchev–Trinajstić information content (AvgIpc) is 2.26. The van der Waals surface area contributed by atoms with Gasteiger partial charge >= 0.3 is 5.97 Å². The lowest BCUT2D eigenvalue weighted by Crippen LogP contribution is -2.39. The van der Waals surface area contributed by atoms with E-state index in [9.17, 15) is 9.59 Å². The van der Waals surface area contributed by atoms with Crippen molar-refractivity contribution >= 4 is 11.9 Å². The highest BCUT2D eigenvalue weighted by Crippen LogP contribution is 1.98. The summed E-state index contributed by atoms with van der Waals surface area (Å²) in [6, 6.07) is 8.05. The molecule has 1 aromatic rings. The number of rotatable bonds is 3. The number of hydrogen-bond donors (Lipinski definition) is 2. The Bertz CT molecular complexity index is 408. The van der Waals surface area contributed by atoms with Crippen LogP contribution in [0.25, 0.3) is 0 Å². The summed E-state index contributed by atoms with van der Waals surface area (Å²) in [7, 11) is 0. The zero-order valence-corrected chi connectivity index (χ0v) is 7.68. The van der Waals surface area contributed by atoms with Crippen molar-refractivity contribution < 1.29 is 14.7 Å². The first-order chi connectivity index (χ1) is 7.15. The van der Waals surface area contributed by atoms with Gasteiger partial charge in [-0.3, -0.25) is 4.79 Å². The second kappa shape index (κ2) is 4.77. The third-order valence-corrected chi connectivity index (χ3v) is 1.69. The Labute approximate surface area is 86.0 Å². The summed E-state index contributed by atoms with van der Waals surface area (Å²) in [4.78, 5) is 21.9. The summed E-state index contributed by atoms with van der Waals surface area (Å²) in [5, 5.41) is 19.1. The van der Waals surface area contributed by atoms with Gasteiger partial charge in [-0.15, -0.1) is 0 Å². The van der Waals surface area contributed by atoms with Crippen molar-refractivity contribution in [3.05, 3.63) is 35.9 Å². The van der Waals surface area contributed by atoms with E-state index >= 15 is 0 Å². The van der Waals surface area contributed by atoms with Crippen LogP contribution < -0.4 is 5.32 Å². The quantitative estimate of drug-likeness (QED) is 0.745. The topological polar surface area (TPSA) is 90.2 Å². The lowest BCUT2D eigenvalue weighted by molar-refractivity contribution is -0.137. The van der Waals surface area contributed by atoms with E-state index in [-0.39, 0.29) is 0 Å². The lowest BCUT2D eigenvalue weighted by atomic mass is 10.2. The molecule has 0 heterocycles. The number of benzene rings is 1. The minimum absolute atomic E-state index is 0.319. The van der Waals surface area contributed by atoms with E-state index in [4.69, 9.17) is 10.4 Å². The van der Waals surface area contributed by atoms with Crippen LogP contribution >= 0.6 is 0 Å². The van der Waals surface area contributed by atoms with Crippen molar-refractivity contribution in [3.8, 4) is 6.07 Å². The van der Waals surface area contributed by atoms with Crippen molar-refractivity contribution in [1.29, 1.82) is 5.26 Å². The zero-order valence-electron chi connectivity index (χ0n) is 7.68. The summed E-state index contributed by atoms with van der Waals surface area (Å²) in [6.07, 6.45) is 0. The van der Waals surface area contributed by atoms with Crippen molar-refractivity contribution in [2.45, 2.75) is 6.04 Å². The monoisotopic (exact) mass is 204 g/mol. The van der Waals surface area contributed by atoms with E-state index in [0.29, 0.717) is 5.56 Å². The van der Waals surface area contributed by atoms with E-state index in [1.807, 2.05) is 0 Å². The standard InChI is InChI=1S/C10H8N2O3/c11-6-8(10(14)15)12-9(13)7-4-2-1-3-5-7/h1-5,8H,(H,12,13)(H,14,15). The molecule has 76 valence electrons. The van der Waals surface area contributed by atoms with Gasteiger partial charge in [0.15, 0.2) is 0 Å². The van der Waals surface area contributed by atoms with E-state index in [2.05, 4.69) is 5.32 Å². The van der Waals surface area contributed by atoms with Crippen LogP contribution in [0.5, 0.6) is 0 Å². The van der Waals surface area contributed by atoms with Crippen molar-refractivity contribution in [2.75, 3.05) is 0 Å². The van der Waals surface area contributed by atoms with Gasteiger partial charge in [0.05, 0.1) is 6.07 Å². The number of carbonyl (C=O) groups is 2. The van der Waals surface area contributed by atoms with E-state index in [1.54, 1.807) is 18.2 Å². The maximum Gasteiger partial charge on any atom is 0.341 e. The molecule has 1 amide bonds. The smallest absolute Gasteiger partial charge is 0.341 e. The summed E-state index contributed by atoms with van der Waals surface area (Å²) < 4.78 is 0. The average molecular weight is 204 g/mol. The Morgan fingerprint density at radius 2 is 1.93 bits per heavy atom. The van der Waals surface area contributed by atoms with E-state index in [0.717, 1.165) is 0 Å². The number of nitrogens with one attached hydrogen (secondary N) is 1. The van der Waals surface area contributed by atoms with Crippen molar-refractivity contribution in [2.24, 2.45) is 0 Å². The number of amides is 1. The molecule has 0 saturated heterocycles. The van der Waals surface area contributed by atoms with Crippen molar-refractivity contribution in [3.63, 3.8) is 0 Å². The number of carboxylic acid groups (broad SMARTS) is 1. The predicted molar refractivity (Wildman–Crippen MR) is 50.9 cm³/mol. The molecule has 1 rings (SSSR count). The first kappa shape index (κ1) is 10.7. The van der Waals surface area contributed by atoms with Gasteiger partial charge in [-0.1, -0.05) is 18.2 Å². The molecular formula is C10H8N2O3. The van der Waals surface area contributed by atoms with Crippen LogP contribution in [-0.4, -0.2) is 23.0 Å². The van der Waals surface area contributed by atoms with Crippen molar-refractivity contribution in [1.82, 2.24) is 5.32 Å². The molecule has 0 aliphatic heterocycles. The van der Waals surface area contributed by atoms with E-state index in [1.165, 1.54) is 18.2 Å². The van der Waals surface area contributed by atoms with Gasteiger partial charge in [-0.25, -0.2) is 4.79 Å².